The third-order valence-corrected chi connectivity index (χ3v) is 4.61. The van der Waals surface area contributed by atoms with Crippen LogP contribution in [0.1, 0.15) is 50.4 Å². The highest BCUT2D eigenvalue weighted by atomic mass is 32.2. The number of nitrogens with zero attached hydrogens (tertiary/aromatic N) is 3. The summed E-state index contributed by atoms with van der Waals surface area (Å²) in [6.45, 7) is 8.27. The average Bonchev–Trinajstić information content (AvgIpc) is 3.00. The third kappa shape index (κ3) is 4.82. The Morgan fingerprint density at radius 1 is 1.30 bits per heavy atom. The predicted molar refractivity (Wildman–Crippen MR) is 93.5 cm³/mol. The molecule has 0 saturated carbocycles. The van der Waals surface area contributed by atoms with Crippen molar-refractivity contribution in [3.05, 3.63) is 41.7 Å². The molecule has 2 rings (SSSR count). The van der Waals surface area contributed by atoms with Crippen LogP contribution < -0.4 is 5.32 Å². The number of benzene rings is 1. The predicted octanol–water partition coefficient (Wildman–Crippen LogP) is 3.53. The lowest BCUT2D eigenvalue weighted by atomic mass is 10.0. The van der Waals surface area contributed by atoms with Crippen LogP contribution in [0.15, 0.2) is 35.7 Å². The molecule has 0 aliphatic rings. The molecule has 0 bridgehead atoms. The Morgan fingerprint density at radius 3 is 2.61 bits per heavy atom. The van der Waals surface area contributed by atoms with Crippen molar-refractivity contribution in [2.45, 2.75) is 51.4 Å². The number of hydrogen-bond acceptors (Lipinski definition) is 4. The van der Waals surface area contributed by atoms with Gasteiger partial charge in [0.2, 0.25) is 5.91 Å². The number of aryl methyl sites for hydroxylation is 1. The van der Waals surface area contributed by atoms with E-state index in [0.29, 0.717) is 5.75 Å². The summed E-state index contributed by atoms with van der Waals surface area (Å²) in [5, 5.41) is 11.9. The number of nitrogens with one attached hydrogen (secondary N) is 1. The first-order valence-electron chi connectivity index (χ1n) is 7.89. The molecule has 6 heteroatoms. The maximum atomic E-state index is 12.2. The molecule has 2 aromatic rings. The van der Waals surface area contributed by atoms with Gasteiger partial charge in [-0.2, -0.15) is 0 Å². The van der Waals surface area contributed by atoms with E-state index < -0.39 is 0 Å². The fourth-order valence-electron chi connectivity index (χ4n) is 2.28. The molecule has 1 aromatic carbocycles. The minimum Gasteiger partial charge on any atom is -0.349 e. The van der Waals surface area contributed by atoms with Crippen LogP contribution in [0, 0.1) is 6.92 Å². The molecule has 1 aromatic heterocycles. The Balaban J connectivity index is 1.92. The summed E-state index contributed by atoms with van der Waals surface area (Å²) in [6.07, 6.45) is 2.56. The second-order valence-electron chi connectivity index (χ2n) is 5.84. The number of rotatable bonds is 7. The fraction of sp³-hybridized carbons (Fsp3) is 0.471. The molecular weight excluding hydrogens is 308 g/mol. The quantitative estimate of drug-likeness (QED) is 0.788. The lowest BCUT2D eigenvalue weighted by Gasteiger charge is -2.17. The van der Waals surface area contributed by atoms with E-state index in [1.165, 1.54) is 17.3 Å². The van der Waals surface area contributed by atoms with Gasteiger partial charge in [-0.05, 0) is 32.8 Å². The van der Waals surface area contributed by atoms with Gasteiger partial charge in [0.15, 0.2) is 5.16 Å². The van der Waals surface area contributed by atoms with Crippen molar-refractivity contribution in [2.24, 2.45) is 0 Å². The van der Waals surface area contributed by atoms with Gasteiger partial charge in [0.25, 0.3) is 0 Å². The van der Waals surface area contributed by atoms with Crippen LogP contribution in [0.3, 0.4) is 0 Å². The van der Waals surface area contributed by atoms with Gasteiger partial charge in [0.05, 0.1) is 11.8 Å². The van der Waals surface area contributed by atoms with Gasteiger partial charge in [-0.15, -0.1) is 10.2 Å². The maximum absolute atomic E-state index is 12.2. The van der Waals surface area contributed by atoms with Crippen LogP contribution in [0.5, 0.6) is 0 Å². The van der Waals surface area contributed by atoms with Crippen molar-refractivity contribution < 1.29 is 4.79 Å². The summed E-state index contributed by atoms with van der Waals surface area (Å²) in [5.74, 6) is 0.356. The van der Waals surface area contributed by atoms with Crippen molar-refractivity contribution in [3.8, 4) is 0 Å². The van der Waals surface area contributed by atoms with Crippen molar-refractivity contribution in [1.82, 2.24) is 20.1 Å². The minimum absolute atomic E-state index is 0.0146. The second kappa shape index (κ2) is 8.15. The van der Waals surface area contributed by atoms with Crippen LogP contribution in [0.25, 0.3) is 0 Å². The Kier molecular flexibility index (Phi) is 6.21. The van der Waals surface area contributed by atoms with Crippen molar-refractivity contribution in [3.63, 3.8) is 0 Å². The molecule has 0 saturated heterocycles. The monoisotopic (exact) mass is 332 g/mol. The van der Waals surface area contributed by atoms with E-state index in [1.54, 1.807) is 6.33 Å². The Hall–Kier alpha value is -1.82. The highest BCUT2D eigenvalue weighted by molar-refractivity contribution is 7.99. The Labute approximate surface area is 141 Å². The highest BCUT2D eigenvalue weighted by Gasteiger charge is 2.15. The van der Waals surface area contributed by atoms with Crippen LogP contribution >= 0.6 is 11.8 Å². The molecule has 23 heavy (non-hydrogen) atoms. The molecule has 1 amide bonds. The average molecular weight is 332 g/mol. The first-order chi connectivity index (χ1) is 11.0. The molecule has 0 spiro atoms. The highest BCUT2D eigenvalue weighted by Crippen LogP contribution is 2.20. The van der Waals surface area contributed by atoms with Gasteiger partial charge in [0, 0.05) is 6.04 Å². The molecule has 1 heterocycles. The molecule has 5 nitrogen and oxygen atoms in total. The van der Waals surface area contributed by atoms with Gasteiger partial charge in [-0.25, -0.2) is 0 Å². The van der Waals surface area contributed by atoms with E-state index in [2.05, 4.69) is 67.5 Å². The summed E-state index contributed by atoms with van der Waals surface area (Å²) in [7, 11) is 0. The summed E-state index contributed by atoms with van der Waals surface area (Å²) in [6, 6.07) is 8.63. The molecular formula is C17H24N4OS. The van der Waals surface area contributed by atoms with Crippen LogP contribution in [-0.2, 0) is 4.79 Å². The van der Waals surface area contributed by atoms with Crippen LogP contribution in [0.4, 0.5) is 0 Å². The van der Waals surface area contributed by atoms with Crippen LogP contribution in [0.2, 0.25) is 0 Å². The largest absolute Gasteiger partial charge is 0.349 e. The van der Waals surface area contributed by atoms with Crippen molar-refractivity contribution >= 4 is 17.7 Å². The molecule has 1 atom stereocenters. The Bertz CT molecular complexity index is 636. The lowest BCUT2D eigenvalue weighted by molar-refractivity contribution is -0.119. The van der Waals surface area contributed by atoms with E-state index >= 15 is 0 Å². The first-order valence-corrected chi connectivity index (χ1v) is 8.88. The fourth-order valence-corrected chi connectivity index (χ4v) is 3.13. The topological polar surface area (TPSA) is 59.8 Å². The summed E-state index contributed by atoms with van der Waals surface area (Å²) < 4.78 is 1.97. The molecule has 1 unspecified atom stereocenters. The van der Waals surface area contributed by atoms with Gasteiger partial charge < -0.3 is 9.88 Å². The molecule has 1 N–H and O–H groups in total. The summed E-state index contributed by atoms with van der Waals surface area (Å²) in [4.78, 5) is 12.2. The van der Waals surface area contributed by atoms with Gasteiger partial charge in [0.1, 0.15) is 6.33 Å². The summed E-state index contributed by atoms with van der Waals surface area (Å²) in [5.41, 5.74) is 2.36. The zero-order valence-electron chi connectivity index (χ0n) is 14.1. The van der Waals surface area contributed by atoms with E-state index in [1.807, 2.05) is 4.57 Å². The number of thioether (sulfide) groups is 1. The molecule has 0 fully saturated rings. The zero-order chi connectivity index (χ0) is 16.8. The molecule has 124 valence electrons. The van der Waals surface area contributed by atoms with Crippen molar-refractivity contribution in [1.29, 1.82) is 0 Å². The Morgan fingerprint density at radius 2 is 2.00 bits per heavy atom. The smallest absolute Gasteiger partial charge is 0.230 e. The minimum atomic E-state index is 0.0146. The second-order valence-corrected chi connectivity index (χ2v) is 6.78. The van der Waals surface area contributed by atoms with E-state index in [-0.39, 0.29) is 18.0 Å². The SMILES string of the molecule is CCC(NC(=O)CSc1nncn1C(C)C)c1ccc(C)cc1. The number of aromatic nitrogens is 3. The maximum Gasteiger partial charge on any atom is 0.230 e. The van der Waals surface area contributed by atoms with E-state index in [9.17, 15) is 4.79 Å². The van der Waals surface area contributed by atoms with Gasteiger partial charge >= 0.3 is 0 Å². The molecule has 0 aliphatic heterocycles. The van der Waals surface area contributed by atoms with E-state index in [4.69, 9.17) is 0 Å². The molecule has 0 radical (unpaired) electrons. The number of hydrogen-bond donors (Lipinski definition) is 1. The number of amides is 1. The van der Waals surface area contributed by atoms with Crippen molar-refractivity contribution in [2.75, 3.05) is 5.75 Å². The first kappa shape index (κ1) is 17.5. The molecule has 0 aliphatic carbocycles. The van der Waals surface area contributed by atoms with Crippen LogP contribution in [-0.4, -0.2) is 26.4 Å². The lowest BCUT2D eigenvalue weighted by Crippen LogP contribution is -2.29. The third-order valence-electron chi connectivity index (χ3n) is 3.65. The normalized spacial score (nSPS) is 12.4. The van der Waals surface area contributed by atoms with Gasteiger partial charge in [-0.1, -0.05) is 48.5 Å². The zero-order valence-corrected chi connectivity index (χ0v) is 14.9. The number of carbonyl (C=O) groups is 1. The van der Waals surface area contributed by atoms with E-state index in [0.717, 1.165) is 17.1 Å². The number of carbonyl (C=O) groups excluding carboxylic acids is 1. The standard InChI is InChI=1S/C17H24N4OS/c1-5-15(14-8-6-13(4)7-9-14)19-16(22)10-23-17-20-18-11-21(17)12(2)3/h6-9,11-12,15H,5,10H2,1-4H3,(H,19,22). The summed E-state index contributed by atoms with van der Waals surface area (Å²) >= 11 is 1.42. The van der Waals surface area contributed by atoms with Gasteiger partial charge in [-0.3, -0.25) is 4.79 Å².